The van der Waals surface area contributed by atoms with Gasteiger partial charge in [-0.05, 0) is 32.0 Å². The normalized spacial score (nSPS) is 15.3. The van der Waals surface area contributed by atoms with Crippen LogP contribution in [0.1, 0.15) is 22.3 Å². The van der Waals surface area contributed by atoms with E-state index in [9.17, 15) is 4.79 Å². The molecule has 1 aromatic rings. The van der Waals surface area contributed by atoms with E-state index >= 15 is 0 Å². The van der Waals surface area contributed by atoms with E-state index in [0.717, 1.165) is 44.8 Å². The highest BCUT2D eigenvalue weighted by atomic mass is 16.5. The molecule has 1 aliphatic rings. The van der Waals surface area contributed by atoms with Crippen LogP contribution in [0.15, 0.2) is 12.1 Å². The van der Waals surface area contributed by atoms with Gasteiger partial charge in [0.05, 0.1) is 27.4 Å². The SMILES string of the molecule is COc1cc(C(=O)NCCCN2CCOCC2)cc(OC)c1C. The molecule has 1 aliphatic heterocycles. The predicted molar refractivity (Wildman–Crippen MR) is 88.5 cm³/mol. The zero-order valence-electron chi connectivity index (χ0n) is 14.2. The Morgan fingerprint density at radius 3 is 2.39 bits per heavy atom. The number of morpholine rings is 1. The van der Waals surface area contributed by atoms with Gasteiger partial charge in [0.1, 0.15) is 11.5 Å². The lowest BCUT2D eigenvalue weighted by molar-refractivity contribution is 0.0374. The molecule has 6 nitrogen and oxygen atoms in total. The number of amides is 1. The number of carbonyl (C=O) groups is 1. The molecule has 0 saturated carbocycles. The molecule has 0 aromatic heterocycles. The number of benzene rings is 1. The van der Waals surface area contributed by atoms with E-state index in [2.05, 4.69) is 10.2 Å². The van der Waals surface area contributed by atoms with Crippen LogP contribution >= 0.6 is 0 Å². The smallest absolute Gasteiger partial charge is 0.251 e. The predicted octanol–water partition coefficient (Wildman–Crippen LogP) is 1.46. The van der Waals surface area contributed by atoms with Crippen molar-refractivity contribution < 1.29 is 19.0 Å². The minimum Gasteiger partial charge on any atom is -0.496 e. The van der Waals surface area contributed by atoms with E-state index in [1.807, 2.05) is 6.92 Å². The molecule has 0 spiro atoms. The van der Waals surface area contributed by atoms with Gasteiger partial charge in [0, 0.05) is 30.8 Å². The fourth-order valence-electron chi connectivity index (χ4n) is 2.65. The molecule has 1 saturated heterocycles. The van der Waals surface area contributed by atoms with Crippen molar-refractivity contribution in [2.75, 3.05) is 53.6 Å². The first-order valence-electron chi connectivity index (χ1n) is 7.96. The molecule has 0 radical (unpaired) electrons. The van der Waals surface area contributed by atoms with Crippen molar-refractivity contribution in [2.45, 2.75) is 13.3 Å². The summed E-state index contributed by atoms with van der Waals surface area (Å²) >= 11 is 0. The van der Waals surface area contributed by atoms with Gasteiger partial charge in [0.15, 0.2) is 0 Å². The topological polar surface area (TPSA) is 60.0 Å². The first kappa shape index (κ1) is 17.6. The average molecular weight is 322 g/mol. The number of nitrogens with zero attached hydrogens (tertiary/aromatic N) is 1. The van der Waals surface area contributed by atoms with E-state index in [0.29, 0.717) is 23.6 Å². The Hall–Kier alpha value is -1.79. The standard InChI is InChI=1S/C17H26N2O4/c1-13-15(21-2)11-14(12-16(13)22-3)17(20)18-5-4-6-19-7-9-23-10-8-19/h11-12H,4-10H2,1-3H3,(H,18,20). The number of hydrogen-bond acceptors (Lipinski definition) is 5. The maximum Gasteiger partial charge on any atom is 0.251 e. The quantitative estimate of drug-likeness (QED) is 0.770. The molecule has 1 heterocycles. The number of rotatable bonds is 7. The summed E-state index contributed by atoms with van der Waals surface area (Å²) in [7, 11) is 3.18. The Kier molecular flexibility index (Phi) is 6.67. The number of nitrogens with one attached hydrogen (secondary N) is 1. The van der Waals surface area contributed by atoms with Crippen LogP contribution < -0.4 is 14.8 Å². The Labute approximate surface area is 137 Å². The fourth-order valence-corrected chi connectivity index (χ4v) is 2.65. The highest BCUT2D eigenvalue weighted by Gasteiger charge is 2.14. The molecule has 0 bridgehead atoms. The Bertz CT molecular complexity index is 502. The maximum absolute atomic E-state index is 12.3. The van der Waals surface area contributed by atoms with Crippen LogP contribution in [0.3, 0.4) is 0 Å². The van der Waals surface area contributed by atoms with Gasteiger partial charge < -0.3 is 19.5 Å². The summed E-state index contributed by atoms with van der Waals surface area (Å²) in [5.74, 6) is 1.20. The van der Waals surface area contributed by atoms with E-state index in [1.165, 1.54) is 0 Å². The summed E-state index contributed by atoms with van der Waals surface area (Å²) in [6.45, 7) is 7.08. The van der Waals surface area contributed by atoms with Crippen LogP contribution in [0.4, 0.5) is 0 Å². The van der Waals surface area contributed by atoms with Crippen LogP contribution in [0.25, 0.3) is 0 Å². The maximum atomic E-state index is 12.3. The van der Waals surface area contributed by atoms with E-state index < -0.39 is 0 Å². The second-order valence-corrected chi connectivity index (χ2v) is 5.57. The van der Waals surface area contributed by atoms with Gasteiger partial charge in [0.25, 0.3) is 5.91 Å². The van der Waals surface area contributed by atoms with E-state index in [-0.39, 0.29) is 5.91 Å². The summed E-state index contributed by atoms with van der Waals surface area (Å²) in [5.41, 5.74) is 1.44. The fraction of sp³-hybridized carbons (Fsp3) is 0.588. The van der Waals surface area contributed by atoms with Gasteiger partial charge in [0.2, 0.25) is 0 Å². The summed E-state index contributed by atoms with van der Waals surface area (Å²) in [6.07, 6.45) is 0.922. The van der Waals surface area contributed by atoms with Gasteiger partial charge in [-0.1, -0.05) is 0 Å². The van der Waals surface area contributed by atoms with Gasteiger partial charge in [-0.25, -0.2) is 0 Å². The largest absolute Gasteiger partial charge is 0.496 e. The molecule has 1 aromatic carbocycles. The lowest BCUT2D eigenvalue weighted by atomic mass is 10.1. The molecule has 128 valence electrons. The lowest BCUT2D eigenvalue weighted by Crippen LogP contribution is -2.38. The zero-order chi connectivity index (χ0) is 16.7. The van der Waals surface area contributed by atoms with Gasteiger partial charge >= 0.3 is 0 Å². The van der Waals surface area contributed by atoms with Crippen molar-refractivity contribution in [3.63, 3.8) is 0 Å². The van der Waals surface area contributed by atoms with Crippen LogP contribution in [0.2, 0.25) is 0 Å². The molecule has 23 heavy (non-hydrogen) atoms. The van der Waals surface area contributed by atoms with Crippen LogP contribution in [-0.2, 0) is 4.74 Å². The molecule has 1 N–H and O–H groups in total. The van der Waals surface area contributed by atoms with Crippen LogP contribution in [-0.4, -0.2) is 64.4 Å². The summed E-state index contributed by atoms with van der Waals surface area (Å²) in [6, 6.07) is 3.49. The highest BCUT2D eigenvalue weighted by molar-refractivity contribution is 5.95. The number of ether oxygens (including phenoxy) is 3. The van der Waals surface area contributed by atoms with Crippen molar-refractivity contribution in [3.8, 4) is 11.5 Å². The van der Waals surface area contributed by atoms with E-state index in [1.54, 1.807) is 26.4 Å². The molecule has 0 unspecified atom stereocenters. The van der Waals surface area contributed by atoms with Crippen molar-refractivity contribution in [1.29, 1.82) is 0 Å². The summed E-state index contributed by atoms with van der Waals surface area (Å²) in [5, 5.41) is 2.95. The molecular formula is C17H26N2O4. The number of methoxy groups -OCH3 is 2. The highest BCUT2D eigenvalue weighted by Crippen LogP contribution is 2.29. The van der Waals surface area contributed by atoms with Crippen molar-refractivity contribution in [3.05, 3.63) is 23.3 Å². The second kappa shape index (κ2) is 8.74. The number of carbonyl (C=O) groups excluding carboxylic acids is 1. The Morgan fingerprint density at radius 1 is 1.22 bits per heavy atom. The average Bonchev–Trinajstić information content (AvgIpc) is 2.59. The first-order valence-corrected chi connectivity index (χ1v) is 7.96. The summed E-state index contributed by atoms with van der Waals surface area (Å²) in [4.78, 5) is 14.6. The van der Waals surface area contributed by atoms with E-state index in [4.69, 9.17) is 14.2 Å². The van der Waals surface area contributed by atoms with Crippen molar-refractivity contribution >= 4 is 5.91 Å². The van der Waals surface area contributed by atoms with Gasteiger partial charge in [-0.3, -0.25) is 9.69 Å². The second-order valence-electron chi connectivity index (χ2n) is 5.57. The molecule has 2 rings (SSSR count). The van der Waals surface area contributed by atoms with Crippen molar-refractivity contribution in [1.82, 2.24) is 10.2 Å². The molecule has 0 atom stereocenters. The number of hydrogen-bond donors (Lipinski definition) is 1. The van der Waals surface area contributed by atoms with Gasteiger partial charge in [-0.2, -0.15) is 0 Å². The Balaban J connectivity index is 1.85. The van der Waals surface area contributed by atoms with Crippen LogP contribution in [0, 0.1) is 6.92 Å². The minimum absolute atomic E-state index is 0.108. The molecule has 0 aliphatic carbocycles. The molecule has 1 fully saturated rings. The monoisotopic (exact) mass is 322 g/mol. The van der Waals surface area contributed by atoms with Crippen molar-refractivity contribution in [2.24, 2.45) is 0 Å². The minimum atomic E-state index is -0.108. The molecule has 1 amide bonds. The Morgan fingerprint density at radius 2 is 1.83 bits per heavy atom. The third-order valence-corrected chi connectivity index (χ3v) is 4.05. The molecule has 6 heteroatoms. The van der Waals surface area contributed by atoms with Gasteiger partial charge in [-0.15, -0.1) is 0 Å². The third-order valence-electron chi connectivity index (χ3n) is 4.05. The lowest BCUT2D eigenvalue weighted by Gasteiger charge is -2.26. The summed E-state index contributed by atoms with van der Waals surface area (Å²) < 4.78 is 15.9. The molecular weight excluding hydrogens is 296 g/mol. The van der Waals surface area contributed by atoms with Crippen LogP contribution in [0.5, 0.6) is 11.5 Å². The zero-order valence-corrected chi connectivity index (χ0v) is 14.2. The first-order chi connectivity index (χ1) is 11.2. The third kappa shape index (κ3) is 4.84.